The van der Waals surface area contributed by atoms with E-state index in [0.29, 0.717) is 53.2 Å². The second-order valence-electron chi connectivity index (χ2n) is 8.01. The molecule has 0 N–H and O–H groups in total. The van der Waals surface area contributed by atoms with Crippen LogP contribution in [0.1, 0.15) is 20.8 Å². The van der Waals surface area contributed by atoms with Crippen LogP contribution in [0.4, 0.5) is 10.1 Å². The van der Waals surface area contributed by atoms with Crippen LogP contribution < -0.4 is 10.5 Å². The molecule has 9 heteroatoms. The molecule has 4 heterocycles. The Labute approximate surface area is 198 Å². The van der Waals surface area contributed by atoms with Crippen LogP contribution in [0, 0.1) is 17.1 Å². The molecule has 0 unspecified atom stereocenters. The van der Waals surface area contributed by atoms with Crippen LogP contribution in [0.25, 0.3) is 10.9 Å². The van der Waals surface area contributed by atoms with E-state index in [-0.39, 0.29) is 23.8 Å². The normalized spacial score (nSPS) is 13.8. The van der Waals surface area contributed by atoms with E-state index in [1.54, 1.807) is 35.5 Å². The minimum atomic E-state index is -0.433. The summed E-state index contributed by atoms with van der Waals surface area (Å²) in [4.78, 5) is 34.8. The molecule has 0 spiro atoms. The van der Waals surface area contributed by atoms with Crippen molar-refractivity contribution in [1.29, 1.82) is 5.26 Å². The van der Waals surface area contributed by atoms with Crippen molar-refractivity contribution in [2.75, 3.05) is 31.1 Å². The Kier molecular flexibility index (Phi) is 5.82. The Bertz CT molecular complexity index is 1470. The fourth-order valence-electron chi connectivity index (χ4n) is 4.38. The number of amides is 1. The van der Waals surface area contributed by atoms with E-state index in [2.05, 4.69) is 11.1 Å². The van der Waals surface area contributed by atoms with Gasteiger partial charge in [-0.1, -0.05) is 18.2 Å². The van der Waals surface area contributed by atoms with Crippen LogP contribution in [-0.4, -0.2) is 46.5 Å². The predicted octanol–water partition coefficient (Wildman–Crippen LogP) is 3.48. The van der Waals surface area contributed by atoms with Crippen molar-refractivity contribution >= 4 is 33.8 Å². The largest absolute Gasteiger partial charge is 0.366 e. The molecule has 0 radical (unpaired) electrons. The number of aromatic nitrogens is 2. The van der Waals surface area contributed by atoms with Crippen molar-refractivity contribution in [3.05, 3.63) is 92.4 Å². The number of rotatable bonds is 4. The molecule has 7 nitrogen and oxygen atoms in total. The predicted molar refractivity (Wildman–Crippen MR) is 129 cm³/mol. The molecule has 1 aliphatic rings. The molecular weight excluding hydrogens is 453 g/mol. The topological polar surface area (TPSA) is 82.2 Å². The van der Waals surface area contributed by atoms with Crippen molar-refractivity contribution < 1.29 is 9.18 Å². The number of fused-ring (bicyclic) bond motifs is 1. The molecular formula is C25H20FN5O2S. The van der Waals surface area contributed by atoms with E-state index < -0.39 is 5.56 Å². The summed E-state index contributed by atoms with van der Waals surface area (Å²) in [5.41, 5.74) is 1.37. The van der Waals surface area contributed by atoms with Gasteiger partial charge in [-0.15, -0.1) is 11.3 Å². The summed E-state index contributed by atoms with van der Waals surface area (Å²) < 4.78 is 15.2. The van der Waals surface area contributed by atoms with Gasteiger partial charge in [0.1, 0.15) is 17.4 Å². The van der Waals surface area contributed by atoms with Gasteiger partial charge in [0, 0.05) is 44.0 Å². The fourth-order valence-corrected chi connectivity index (χ4v) is 5.07. The maximum Gasteiger partial charge on any atom is 0.271 e. The number of piperazine rings is 1. The Hall–Kier alpha value is -4.03. The monoisotopic (exact) mass is 473 g/mol. The Balaban J connectivity index is 1.52. The van der Waals surface area contributed by atoms with Crippen LogP contribution in [-0.2, 0) is 6.54 Å². The molecule has 5 rings (SSSR count). The van der Waals surface area contributed by atoms with E-state index in [9.17, 15) is 19.2 Å². The number of pyridine rings is 2. The number of nitrogens with zero attached hydrogens (tertiary/aromatic N) is 5. The van der Waals surface area contributed by atoms with Crippen molar-refractivity contribution in [1.82, 2.24) is 14.5 Å². The first-order valence-corrected chi connectivity index (χ1v) is 11.7. The van der Waals surface area contributed by atoms with Crippen LogP contribution in [0.15, 0.2) is 65.0 Å². The van der Waals surface area contributed by atoms with Crippen molar-refractivity contribution in [3.8, 4) is 6.07 Å². The maximum absolute atomic E-state index is 13.7. The molecule has 1 aromatic carbocycles. The quantitative estimate of drug-likeness (QED) is 0.453. The maximum atomic E-state index is 13.7. The number of hydrogen-bond acceptors (Lipinski definition) is 6. The highest BCUT2D eigenvalue weighted by Gasteiger charge is 2.27. The zero-order chi connectivity index (χ0) is 23.7. The number of carbonyl (C=O) groups excluding carboxylic acids is 1. The van der Waals surface area contributed by atoms with E-state index in [0.717, 1.165) is 0 Å². The van der Waals surface area contributed by atoms with Gasteiger partial charge in [-0.25, -0.2) is 4.39 Å². The van der Waals surface area contributed by atoms with Gasteiger partial charge in [-0.05, 0) is 35.2 Å². The van der Waals surface area contributed by atoms with Gasteiger partial charge in [0.05, 0.1) is 22.6 Å². The highest BCUT2D eigenvalue weighted by Crippen LogP contribution is 2.29. The van der Waals surface area contributed by atoms with Gasteiger partial charge in [-0.3, -0.25) is 14.6 Å². The second-order valence-corrected chi connectivity index (χ2v) is 8.95. The van der Waals surface area contributed by atoms with Gasteiger partial charge >= 0.3 is 0 Å². The number of anilines is 1. The standard InChI is InChI=1S/C25H20FN5O2S/c26-18-4-1-3-17(13-18)16-31-21-6-7-28-15-20(21)23(19(14-27)24(31)32)29-8-10-30(11-9-29)25(33)22-5-2-12-34-22/h1-7,12-13,15H,8-11,16H2. The number of thiophene rings is 1. The second kappa shape index (κ2) is 9.08. The number of nitriles is 1. The molecule has 1 fully saturated rings. The Morgan fingerprint density at radius 2 is 1.97 bits per heavy atom. The molecule has 0 bridgehead atoms. The first kappa shape index (κ1) is 21.8. The average molecular weight is 474 g/mol. The Morgan fingerprint density at radius 3 is 2.68 bits per heavy atom. The molecule has 0 atom stereocenters. The summed E-state index contributed by atoms with van der Waals surface area (Å²) in [6.07, 6.45) is 3.24. The SMILES string of the molecule is N#Cc1c(N2CCN(C(=O)c3cccs3)CC2)c2cnccc2n(Cc2cccc(F)c2)c1=O. The lowest BCUT2D eigenvalue weighted by Crippen LogP contribution is -2.49. The summed E-state index contributed by atoms with van der Waals surface area (Å²) in [6.45, 7) is 2.08. The molecule has 34 heavy (non-hydrogen) atoms. The van der Waals surface area contributed by atoms with E-state index in [1.807, 2.05) is 22.4 Å². The lowest BCUT2D eigenvalue weighted by molar-refractivity contribution is 0.0751. The van der Waals surface area contributed by atoms with Gasteiger partial charge in [-0.2, -0.15) is 5.26 Å². The van der Waals surface area contributed by atoms with E-state index in [1.165, 1.54) is 28.0 Å². The minimum Gasteiger partial charge on any atom is -0.366 e. The Morgan fingerprint density at radius 1 is 1.15 bits per heavy atom. The zero-order valence-corrected chi connectivity index (χ0v) is 19.0. The molecule has 4 aromatic rings. The highest BCUT2D eigenvalue weighted by atomic mass is 32.1. The number of benzene rings is 1. The molecule has 1 saturated heterocycles. The smallest absolute Gasteiger partial charge is 0.271 e. The van der Waals surface area contributed by atoms with Crippen molar-refractivity contribution in [3.63, 3.8) is 0 Å². The highest BCUT2D eigenvalue weighted by molar-refractivity contribution is 7.12. The molecule has 170 valence electrons. The third kappa shape index (κ3) is 3.93. The zero-order valence-electron chi connectivity index (χ0n) is 18.1. The molecule has 0 aliphatic carbocycles. The molecule has 3 aromatic heterocycles. The molecule has 1 amide bonds. The third-order valence-electron chi connectivity index (χ3n) is 6.00. The third-order valence-corrected chi connectivity index (χ3v) is 6.85. The van der Waals surface area contributed by atoms with Gasteiger partial charge < -0.3 is 14.4 Å². The number of halogens is 1. The first-order valence-electron chi connectivity index (χ1n) is 10.8. The van der Waals surface area contributed by atoms with Crippen molar-refractivity contribution in [2.24, 2.45) is 0 Å². The molecule has 1 aliphatic heterocycles. The summed E-state index contributed by atoms with van der Waals surface area (Å²) in [6, 6.07) is 13.5. The van der Waals surface area contributed by atoms with E-state index in [4.69, 9.17) is 0 Å². The van der Waals surface area contributed by atoms with Crippen LogP contribution in [0.2, 0.25) is 0 Å². The lowest BCUT2D eigenvalue weighted by atomic mass is 10.1. The van der Waals surface area contributed by atoms with Crippen LogP contribution in [0.5, 0.6) is 0 Å². The fraction of sp³-hybridized carbons (Fsp3) is 0.200. The van der Waals surface area contributed by atoms with Gasteiger partial charge in [0.2, 0.25) is 0 Å². The van der Waals surface area contributed by atoms with Crippen LogP contribution in [0.3, 0.4) is 0 Å². The number of carbonyl (C=O) groups is 1. The van der Waals surface area contributed by atoms with Crippen molar-refractivity contribution in [2.45, 2.75) is 6.54 Å². The summed E-state index contributed by atoms with van der Waals surface area (Å²) in [7, 11) is 0. The molecule has 0 saturated carbocycles. The minimum absolute atomic E-state index is 0.00723. The van der Waals surface area contributed by atoms with Crippen LogP contribution >= 0.6 is 11.3 Å². The average Bonchev–Trinajstić information content (AvgIpc) is 3.40. The van der Waals surface area contributed by atoms with Gasteiger partial charge in [0.15, 0.2) is 0 Å². The lowest BCUT2D eigenvalue weighted by Gasteiger charge is -2.36. The summed E-state index contributed by atoms with van der Waals surface area (Å²) in [5, 5.41) is 12.5. The first-order chi connectivity index (χ1) is 16.6. The summed E-state index contributed by atoms with van der Waals surface area (Å²) in [5.74, 6) is -0.393. The van der Waals surface area contributed by atoms with E-state index >= 15 is 0 Å². The van der Waals surface area contributed by atoms with Gasteiger partial charge in [0.25, 0.3) is 11.5 Å². The number of hydrogen-bond donors (Lipinski definition) is 0. The summed E-state index contributed by atoms with van der Waals surface area (Å²) >= 11 is 1.41.